The van der Waals surface area contributed by atoms with Gasteiger partial charge in [-0.3, -0.25) is 0 Å². The molecule has 2 rings (SSSR count). The molecule has 3 heteroatoms. The molecule has 0 amide bonds. The average molecular weight is 224 g/mol. The van der Waals surface area contributed by atoms with E-state index in [-0.39, 0.29) is 0 Å². The van der Waals surface area contributed by atoms with Crippen LogP contribution in [0.1, 0.15) is 12.8 Å². The Morgan fingerprint density at radius 3 is 2.47 bits per heavy atom. The maximum absolute atomic E-state index is 5.34. The predicted octanol–water partition coefficient (Wildman–Crippen LogP) is 2.97. The van der Waals surface area contributed by atoms with Crippen LogP contribution in [0.4, 0.5) is 0 Å². The van der Waals surface area contributed by atoms with Crippen LogP contribution in [-0.2, 0) is 4.74 Å². The molecule has 1 fully saturated rings. The monoisotopic (exact) mass is 224 g/mol. The van der Waals surface area contributed by atoms with Gasteiger partial charge in [0.2, 0.25) is 0 Å². The van der Waals surface area contributed by atoms with Crippen LogP contribution in [0.15, 0.2) is 29.2 Å². The van der Waals surface area contributed by atoms with Crippen molar-refractivity contribution in [1.82, 2.24) is 0 Å². The lowest BCUT2D eigenvalue weighted by Gasteiger charge is -2.21. The third-order valence-corrected chi connectivity index (χ3v) is 3.88. The SMILES string of the molecule is COc1ccc(SC2CCOCC2)cc1. The fraction of sp³-hybridized carbons (Fsp3) is 0.500. The summed E-state index contributed by atoms with van der Waals surface area (Å²) in [7, 11) is 1.70. The molecule has 15 heavy (non-hydrogen) atoms. The summed E-state index contributed by atoms with van der Waals surface area (Å²) in [6.07, 6.45) is 2.33. The molecule has 0 aromatic heterocycles. The van der Waals surface area contributed by atoms with Gasteiger partial charge in [-0.1, -0.05) is 0 Å². The van der Waals surface area contributed by atoms with E-state index in [1.54, 1.807) is 7.11 Å². The summed E-state index contributed by atoms with van der Waals surface area (Å²) in [5, 5.41) is 0.715. The number of benzene rings is 1. The van der Waals surface area contributed by atoms with E-state index in [0.29, 0.717) is 5.25 Å². The summed E-state index contributed by atoms with van der Waals surface area (Å²) < 4.78 is 10.5. The molecule has 0 radical (unpaired) electrons. The lowest BCUT2D eigenvalue weighted by atomic mass is 10.2. The molecule has 1 aliphatic rings. The van der Waals surface area contributed by atoms with Gasteiger partial charge in [-0.2, -0.15) is 0 Å². The van der Waals surface area contributed by atoms with Crippen LogP contribution in [-0.4, -0.2) is 25.6 Å². The van der Waals surface area contributed by atoms with Crippen molar-refractivity contribution in [3.8, 4) is 5.75 Å². The van der Waals surface area contributed by atoms with E-state index in [1.165, 1.54) is 4.90 Å². The Balaban J connectivity index is 1.91. The second kappa shape index (κ2) is 5.42. The molecular formula is C12H16O2S. The normalized spacial score (nSPS) is 17.7. The lowest BCUT2D eigenvalue weighted by Crippen LogP contribution is -2.17. The molecule has 0 spiro atoms. The van der Waals surface area contributed by atoms with Crippen LogP contribution < -0.4 is 4.74 Å². The maximum atomic E-state index is 5.34. The molecule has 0 saturated carbocycles. The van der Waals surface area contributed by atoms with Crippen molar-refractivity contribution in [3.63, 3.8) is 0 Å². The Hall–Kier alpha value is -0.670. The molecule has 1 aliphatic heterocycles. The first-order valence-electron chi connectivity index (χ1n) is 5.27. The average Bonchev–Trinajstić information content (AvgIpc) is 2.31. The second-order valence-electron chi connectivity index (χ2n) is 3.61. The van der Waals surface area contributed by atoms with Crippen molar-refractivity contribution >= 4 is 11.8 Å². The largest absolute Gasteiger partial charge is 0.497 e. The Bertz CT molecular complexity index is 291. The number of rotatable bonds is 3. The third kappa shape index (κ3) is 3.14. The van der Waals surface area contributed by atoms with Crippen molar-refractivity contribution in [2.45, 2.75) is 23.0 Å². The first kappa shape index (κ1) is 10.8. The van der Waals surface area contributed by atoms with Crippen LogP contribution in [0.3, 0.4) is 0 Å². The van der Waals surface area contributed by atoms with Gasteiger partial charge < -0.3 is 9.47 Å². The highest BCUT2D eigenvalue weighted by Crippen LogP contribution is 2.30. The molecule has 82 valence electrons. The van der Waals surface area contributed by atoms with Crippen LogP contribution in [0.5, 0.6) is 5.75 Å². The Morgan fingerprint density at radius 2 is 1.87 bits per heavy atom. The zero-order chi connectivity index (χ0) is 10.5. The van der Waals surface area contributed by atoms with Crippen LogP contribution >= 0.6 is 11.8 Å². The van der Waals surface area contributed by atoms with Crippen LogP contribution in [0.2, 0.25) is 0 Å². The summed E-state index contributed by atoms with van der Waals surface area (Å²) in [6, 6.07) is 8.28. The summed E-state index contributed by atoms with van der Waals surface area (Å²) in [5.74, 6) is 0.923. The van der Waals surface area contributed by atoms with Gasteiger partial charge in [-0.25, -0.2) is 0 Å². The number of hydrogen-bond acceptors (Lipinski definition) is 3. The molecule has 0 aliphatic carbocycles. The smallest absolute Gasteiger partial charge is 0.118 e. The standard InChI is InChI=1S/C12H16O2S/c1-13-10-2-4-11(5-3-10)15-12-6-8-14-9-7-12/h2-5,12H,6-9H2,1H3. The van der Waals surface area contributed by atoms with Crippen molar-refractivity contribution in [3.05, 3.63) is 24.3 Å². The summed E-state index contributed by atoms with van der Waals surface area (Å²) in [6.45, 7) is 1.82. The minimum atomic E-state index is 0.715. The molecule has 0 bridgehead atoms. The van der Waals surface area contributed by atoms with Crippen molar-refractivity contribution < 1.29 is 9.47 Å². The minimum Gasteiger partial charge on any atom is -0.497 e. The molecule has 2 nitrogen and oxygen atoms in total. The molecule has 1 heterocycles. The van der Waals surface area contributed by atoms with E-state index in [1.807, 2.05) is 23.9 Å². The van der Waals surface area contributed by atoms with Gasteiger partial charge >= 0.3 is 0 Å². The van der Waals surface area contributed by atoms with Crippen molar-refractivity contribution in [1.29, 1.82) is 0 Å². The lowest BCUT2D eigenvalue weighted by molar-refractivity contribution is 0.100. The fourth-order valence-corrected chi connectivity index (χ4v) is 2.75. The topological polar surface area (TPSA) is 18.5 Å². The van der Waals surface area contributed by atoms with Crippen LogP contribution in [0, 0.1) is 0 Å². The highest BCUT2D eigenvalue weighted by molar-refractivity contribution is 8.00. The van der Waals surface area contributed by atoms with Gasteiger partial charge in [-0.05, 0) is 37.1 Å². The number of hydrogen-bond donors (Lipinski definition) is 0. The summed E-state index contributed by atoms with van der Waals surface area (Å²) >= 11 is 1.95. The molecule has 0 N–H and O–H groups in total. The summed E-state index contributed by atoms with van der Waals surface area (Å²) in [4.78, 5) is 1.32. The highest BCUT2D eigenvalue weighted by Gasteiger charge is 2.14. The molecule has 0 unspecified atom stereocenters. The first-order valence-corrected chi connectivity index (χ1v) is 6.15. The predicted molar refractivity (Wildman–Crippen MR) is 62.7 cm³/mol. The number of ether oxygens (including phenoxy) is 2. The van der Waals surface area contributed by atoms with E-state index >= 15 is 0 Å². The van der Waals surface area contributed by atoms with Gasteiger partial charge in [0.15, 0.2) is 0 Å². The number of thioether (sulfide) groups is 1. The Labute approximate surface area is 95.0 Å². The van der Waals surface area contributed by atoms with E-state index in [2.05, 4.69) is 12.1 Å². The zero-order valence-corrected chi connectivity index (χ0v) is 9.76. The maximum Gasteiger partial charge on any atom is 0.118 e. The van der Waals surface area contributed by atoms with E-state index < -0.39 is 0 Å². The van der Waals surface area contributed by atoms with Crippen molar-refractivity contribution in [2.75, 3.05) is 20.3 Å². The third-order valence-electron chi connectivity index (χ3n) is 2.53. The Morgan fingerprint density at radius 1 is 1.20 bits per heavy atom. The van der Waals surface area contributed by atoms with Gasteiger partial charge in [-0.15, -0.1) is 11.8 Å². The molecule has 0 atom stereocenters. The minimum absolute atomic E-state index is 0.715. The molecule has 1 aromatic rings. The number of methoxy groups -OCH3 is 1. The van der Waals surface area contributed by atoms with E-state index in [4.69, 9.17) is 9.47 Å². The first-order chi connectivity index (χ1) is 7.38. The van der Waals surface area contributed by atoms with Crippen molar-refractivity contribution in [2.24, 2.45) is 0 Å². The van der Waals surface area contributed by atoms with Gasteiger partial charge in [0.25, 0.3) is 0 Å². The van der Waals surface area contributed by atoms with E-state index in [0.717, 1.165) is 31.8 Å². The molecule has 1 saturated heterocycles. The fourth-order valence-electron chi connectivity index (χ4n) is 1.64. The zero-order valence-electron chi connectivity index (χ0n) is 8.94. The summed E-state index contributed by atoms with van der Waals surface area (Å²) in [5.41, 5.74) is 0. The van der Waals surface area contributed by atoms with Gasteiger partial charge in [0.1, 0.15) is 5.75 Å². The second-order valence-corrected chi connectivity index (χ2v) is 4.98. The highest BCUT2D eigenvalue weighted by atomic mass is 32.2. The van der Waals surface area contributed by atoms with Crippen LogP contribution in [0.25, 0.3) is 0 Å². The van der Waals surface area contributed by atoms with E-state index in [9.17, 15) is 0 Å². The van der Waals surface area contributed by atoms with Gasteiger partial charge in [0, 0.05) is 23.4 Å². The quantitative estimate of drug-likeness (QED) is 0.786. The molecule has 1 aromatic carbocycles. The van der Waals surface area contributed by atoms with Gasteiger partial charge in [0.05, 0.1) is 7.11 Å². The molecular weight excluding hydrogens is 208 g/mol. The Kier molecular flexibility index (Phi) is 3.92.